The lowest BCUT2D eigenvalue weighted by Gasteiger charge is -2.12. The summed E-state index contributed by atoms with van der Waals surface area (Å²) in [6.07, 6.45) is 1.72. The Morgan fingerprint density at radius 3 is 2.38 bits per heavy atom. The maximum atomic E-state index is 13.8. The van der Waals surface area contributed by atoms with Crippen LogP contribution in [0, 0.1) is 18.6 Å². The summed E-state index contributed by atoms with van der Waals surface area (Å²) in [5.74, 6) is -1.94. The number of pyridine rings is 1. The van der Waals surface area contributed by atoms with Gasteiger partial charge in [-0.2, -0.15) is 0 Å². The monoisotopic (exact) mass is 430 g/mol. The highest BCUT2D eigenvalue weighted by Crippen LogP contribution is 2.29. The van der Waals surface area contributed by atoms with Crippen molar-refractivity contribution in [3.63, 3.8) is 0 Å². The predicted octanol–water partition coefficient (Wildman–Crippen LogP) is 6.17. The Morgan fingerprint density at radius 1 is 0.938 bits per heavy atom. The molecule has 3 aromatic carbocycles. The molecule has 1 N–H and O–H groups in total. The zero-order chi connectivity index (χ0) is 22.5. The van der Waals surface area contributed by atoms with Crippen LogP contribution in [0.15, 0.2) is 85.1 Å². The van der Waals surface area contributed by atoms with Crippen molar-refractivity contribution < 1.29 is 18.3 Å². The number of hydrogen-bond donors (Lipinski definition) is 1. The molecule has 0 unspecified atom stereocenters. The van der Waals surface area contributed by atoms with Crippen molar-refractivity contribution in [2.24, 2.45) is 0 Å². The SMILES string of the molecule is Cc1ccc(OCc2ccccn2)cc1-c1ccc(NC(=O)c2c(F)cccc2F)cc1. The number of rotatable bonds is 6. The minimum absolute atomic E-state index is 0.362. The average Bonchev–Trinajstić information content (AvgIpc) is 2.80. The molecule has 0 saturated carbocycles. The molecule has 4 aromatic rings. The number of nitrogens with zero attached hydrogens (tertiary/aromatic N) is 1. The number of amides is 1. The summed E-state index contributed by atoms with van der Waals surface area (Å²) in [4.78, 5) is 16.5. The van der Waals surface area contributed by atoms with Gasteiger partial charge in [0.05, 0.1) is 5.69 Å². The van der Waals surface area contributed by atoms with Crippen LogP contribution in [0.1, 0.15) is 21.6 Å². The van der Waals surface area contributed by atoms with Gasteiger partial charge in [-0.3, -0.25) is 9.78 Å². The van der Waals surface area contributed by atoms with E-state index in [-0.39, 0.29) is 0 Å². The van der Waals surface area contributed by atoms with Crippen molar-refractivity contribution in [1.82, 2.24) is 4.98 Å². The van der Waals surface area contributed by atoms with Gasteiger partial charge in [-0.15, -0.1) is 0 Å². The highest BCUT2D eigenvalue weighted by atomic mass is 19.1. The lowest BCUT2D eigenvalue weighted by atomic mass is 10.00. The second-order valence-electron chi connectivity index (χ2n) is 7.21. The first kappa shape index (κ1) is 21.2. The average molecular weight is 430 g/mol. The molecular weight excluding hydrogens is 410 g/mol. The number of anilines is 1. The maximum Gasteiger partial charge on any atom is 0.261 e. The number of nitrogens with one attached hydrogen (secondary N) is 1. The predicted molar refractivity (Wildman–Crippen MR) is 119 cm³/mol. The van der Waals surface area contributed by atoms with Crippen LogP contribution in [0.25, 0.3) is 11.1 Å². The van der Waals surface area contributed by atoms with E-state index < -0.39 is 23.1 Å². The van der Waals surface area contributed by atoms with Gasteiger partial charge in [0.15, 0.2) is 0 Å². The Balaban J connectivity index is 1.49. The van der Waals surface area contributed by atoms with Crippen LogP contribution in [-0.2, 0) is 6.61 Å². The zero-order valence-corrected chi connectivity index (χ0v) is 17.3. The number of aryl methyl sites for hydroxylation is 1. The van der Waals surface area contributed by atoms with Gasteiger partial charge >= 0.3 is 0 Å². The molecule has 1 aromatic heterocycles. The summed E-state index contributed by atoms with van der Waals surface area (Å²) in [5, 5.41) is 2.53. The number of ether oxygens (including phenoxy) is 1. The summed E-state index contributed by atoms with van der Waals surface area (Å²) >= 11 is 0. The quantitative estimate of drug-likeness (QED) is 0.398. The van der Waals surface area contributed by atoms with Gasteiger partial charge in [-0.1, -0.05) is 30.3 Å². The Labute approximate surface area is 184 Å². The van der Waals surface area contributed by atoms with E-state index >= 15 is 0 Å². The van der Waals surface area contributed by atoms with Gasteiger partial charge in [-0.25, -0.2) is 8.78 Å². The third-order valence-electron chi connectivity index (χ3n) is 4.97. The van der Waals surface area contributed by atoms with E-state index in [2.05, 4.69) is 10.3 Å². The molecule has 0 aliphatic heterocycles. The standard InChI is InChI=1S/C26H20F2N2O2/c1-17-8-13-21(32-16-20-5-2-3-14-29-20)15-22(17)18-9-11-19(12-10-18)30-26(31)25-23(27)6-4-7-24(25)28/h2-15H,16H2,1H3,(H,30,31). The molecule has 4 rings (SSSR count). The molecule has 4 nitrogen and oxygen atoms in total. The molecule has 0 aliphatic rings. The van der Waals surface area contributed by atoms with Crippen molar-refractivity contribution in [1.29, 1.82) is 0 Å². The summed E-state index contributed by atoms with van der Waals surface area (Å²) in [7, 11) is 0. The minimum Gasteiger partial charge on any atom is -0.487 e. The highest BCUT2D eigenvalue weighted by molar-refractivity contribution is 6.04. The Bertz CT molecular complexity index is 1220. The fraction of sp³-hybridized carbons (Fsp3) is 0.0769. The Morgan fingerprint density at radius 2 is 1.69 bits per heavy atom. The normalized spacial score (nSPS) is 10.6. The minimum atomic E-state index is -0.905. The molecule has 1 amide bonds. The number of benzene rings is 3. The largest absolute Gasteiger partial charge is 0.487 e. The first-order chi connectivity index (χ1) is 15.5. The zero-order valence-electron chi connectivity index (χ0n) is 17.3. The van der Waals surface area contributed by atoms with Gasteiger partial charge in [0, 0.05) is 11.9 Å². The number of halogens is 2. The third kappa shape index (κ3) is 4.81. The van der Waals surface area contributed by atoms with Gasteiger partial charge < -0.3 is 10.1 Å². The molecule has 0 radical (unpaired) electrons. The van der Waals surface area contributed by atoms with Gasteiger partial charge in [0.2, 0.25) is 0 Å². The van der Waals surface area contributed by atoms with E-state index in [1.54, 1.807) is 18.3 Å². The fourth-order valence-corrected chi connectivity index (χ4v) is 3.28. The summed E-state index contributed by atoms with van der Waals surface area (Å²) in [6, 6.07) is 21.8. The third-order valence-corrected chi connectivity index (χ3v) is 4.97. The van der Waals surface area contributed by atoms with Crippen molar-refractivity contribution in [3.05, 3.63) is 114 Å². The molecule has 160 valence electrons. The summed E-state index contributed by atoms with van der Waals surface area (Å²) in [5.41, 5.74) is 3.61. The lowest BCUT2D eigenvalue weighted by Crippen LogP contribution is -2.15. The molecule has 0 bridgehead atoms. The van der Waals surface area contributed by atoms with Gasteiger partial charge in [0.25, 0.3) is 5.91 Å². The van der Waals surface area contributed by atoms with Crippen molar-refractivity contribution in [3.8, 4) is 16.9 Å². The van der Waals surface area contributed by atoms with Crippen molar-refractivity contribution in [2.45, 2.75) is 13.5 Å². The van der Waals surface area contributed by atoms with E-state index in [0.717, 1.165) is 34.5 Å². The van der Waals surface area contributed by atoms with E-state index in [1.807, 2.05) is 55.5 Å². The molecular formula is C26H20F2N2O2. The first-order valence-electron chi connectivity index (χ1n) is 10.0. The molecule has 1 heterocycles. The molecule has 0 aliphatic carbocycles. The lowest BCUT2D eigenvalue weighted by molar-refractivity contribution is 0.101. The van der Waals surface area contributed by atoms with Gasteiger partial charge in [0.1, 0.15) is 29.6 Å². The van der Waals surface area contributed by atoms with Crippen LogP contribution in [0.4, 0.5) is 14.5 Å². The molecule has 0 fully saturated rings. The van der Waals surface area contributed by atoms with E-state index in [4.69, 9.17) is 4.74 Å². The highest BCUT2D eigenvalue weighted by Gasteiger charge is 2.17. The molecule has 0 spiro atoms. The van der Waals surface area contributed by atoms with Crippen LogP contribution in [0.5, 0.6) is 5.75 Å². The number of aromatic nitrogens is 1. The first-order valence-corrected chi connectivity index (χ1v) is 10.0. The van der Waals surface area contributed by atoms with Crippen molar-refractivity contribution >= 4 is 11.6 Å². The number of carbonyl (C=O) groups excluding carboxylic acids is 1. The van der Waals surface area contributed by atoms with Crippen LogP contribution in [0.2, 0.25) is 0 Å². The smallest absolute Gasteiger partial charge is 0.261 e. The molecule has 0 atom stereocenters. The second kappa shape index (κ2) is 9.39. The maximum absolute atomic E-state index is 13.8. The van der Waals surface area contributed by atoms with E-state index in [1.165, 1.54) is 6.07 Å². The van der Waals surface area contributed by atoms with Crippen LogP contribution >= 0.6 is 0 Å². The van der Waals surface area contributed by atoms with E-state index in [0.29, 0.717) is 18.0 Å². The topological polar surface area (TPSA) is 51.2 Å². The van der Waals surface area contributed by atoms with Gasteiger partial charge in [-0.05, 0) is 72.1 Å². The van der Waals surface area contributed by atoms with Crippen LogP contribution in [-0.4, -0.2) is 10.9 Å². The molecule has 32 heavy (non-hydrogen) atoms. The Kier molecular flexibility index (Phi) is 6.22. The van der Waals surface area contributed by atoms with E-state index in [9.17, 15) is 13.6 Å². The van der Waals surface area contributed by atoms with Crippen LogP contribution in [0.3, 0.4) is 0 Å². The molecule has 0 saturated heterocycles. The van der Waals surface area contributed by atoms with Crippen molar-refractivity contribution in [2.75, 3.05) is 5.32 Å². The summed E-state index contributed by atoms with van der Waals surface area (Å²) < 4.78 is 33.5. The Hall–Kier alpha value is -4.06. The summed E-state index contributed by atoms with van der Waals surface area (Å²) in [6.45, 7) is 2.36. The number of hydrogen-bond acceptors (Lipinski definition) is 3. The second-order valence-corrected chi connectivity index (χ2v) is 7.21. The molecule has 6 heteroatoms. The van der Waals surface area contributed by atoms with Crippen LogP contribution < -0.4 is 10.1 Å². The fourth-order valence-electron chi connectivity index (χ4n) is 3.28. The number of carbonyl (C=O) groups is 1.